The highest BCUT2D eigenvalue weighted by atomic mass is 16.1. The third-order valence-electron chi connectivity index (χ3n) is 3.93. The maximum absolute atomic E-state index is 12.3. The van der Waals surface area contributed by atoms with Gasteiger partial charge in [0.1, 0.15) is 11.5 Å². The van der Waals surface area contributed by atoms with Gasteiger partial charge in [-0.25, -0.2) is 4.68 Å². The molecule has 1 aromatic rings. The van der Waals surface area contributed by atoms with E-state index in [1.807, 2.05) is 4.68 Å². The van der Waals surface area contributed by atoms with Crippen LogP contribution in [0.5, 0.6) is 0 Å². The predicted octanol–water partition coefficient (Wildman–Crippen LogP) is 0.979. The minimum atomic E-state index is 0.0953. The third kappa shape index (κ3) is 2.58. The Bertz CT molecular complexity index is 470. The molecule has 0 bridgehead atoms. The lowest BCUT2D eigenvalue weighted by atomic mass is 9.97. The van der Waals surface area contributed by atoms with E-state index >= 15 is 0 Å². The van der Waals surface area contributed by atoms with Gasteiger partial charge in [0, 0.05) is 19.6 Å². The van der Waals surface area contributed by atoms with Crippen LogP contribution in [0.15, 0.2) is 6.20 Å². The summed E-state index contributed by atoms with van der Waals surface area (Å²) in [5.74, 6) is 1.16. The van der Waals surface area contributed by atoms with Gasteiger partial charge in [-0.2, -0.15) is 5.10 Å². The van der Waals surface area contributed by atoms with Gasteiger partial charge in [0.2, 0.25) is 5.91 Å². The highest BCUT2D eigenvalue weighted by Gasteiger charge is 2.25. The van der Waals surface area contributed by atoms with Gasteiger partial charge in [-0.1, -0.05) is 0 Å². The Hall–Kier alpha value is -1.56. The number of amides is 1. The zero-order chi connectivity index (χ0) is 13.2. The van der Waals surface area contributed by atoms with Crippen molar-refractivity contribution in [2.75, 3.05) is 37.3 Å². The Kier molecular flexibility index (Phi) is 3.42. The molecule has 104 valence electrons. The third-order valence-corrected chi connectivity index (χ3v) is 3.93. The van der Waals surface area contributed by atoms with E-state index in [1.54, 1.807) is 6.20 Å². The molecule has 1 atom stereocenters. The molecule has 19 heavy (non-hydrogen) atoms. The summed E-state index contributed by atoms with van der Waals surface area (Å²) in [6.07, 6.45) is 4.90. The quantitative estimate of drug-likeness (QED) is 0.835. The molecular weight excluding hydrogens is 242 g/mol. The van der Waals surface area contributed by atoms with Crippen LogP contribution in [0.2, 0.25) is 0 Å². The normalized spacial score (nSPS) is 23.5. The van der Waals surface area contributed by atoms with Gasteiger partial charge in [0.05, 0.1) is 12.1 Å². The van der Waals surface area contributed by atoms with Crippen LogP contribution in [0, 0.1) is 5.92 Å². The van der Waals surface area contributed by atoms with E-state index in [0.717, 1.165) is 56.9 Å². The van der Waals surface area contributed by atoms with Crippen LogP contribution in [0.1, 0.15) is 19.3 Å². The molecule has 1 amide bonds. The minimum Gasteiger partial charge on any atom is -0.368 e. The summed E-state index contributed by atoms with van der Waals surface area (Å²) in [6.45, 7) is 3.81. The molecule has 0 aliphatic carbocycles. The second kappa shape index (κ2) is 5.21. The van der Waals surface area contributed by atoms with Crippen LogP contribution in [0.3, 0.4) is 0 Å². The van der Waals surface area contributed by atoms with Crippen molar-refractivity contribution in [1.29, 1.82) is 0 Å². The molecule has 0 saturated carbocycles. The fraction of sp³-hybridized carbons (Fsp3) is 0.692. The average Bonchev–Trinajstić information content (AvgIpc) is 2.82. The maximum Gasteiger partial charge on any atom is 0.228 e. The number of fused-ring (bicyclic) bond motifs is 1. The highest BCUT2D eigenvalue weighted by Crippen LogP contribution is 2.25. The first-order valence-corrected chi connectivity index (χ1v) is 7.03. The molecule has 0 radical (unpaired) electrons. The number of hydrogen-bond donors (Lipinski definition) is 2. The Balaban J connectivity index is 1.67. The van der Waals surface area contributed by atoms with Gasteiger partial charge < -0.3 is 15.5 Å². The van der Waals surface area contributed by atoms with Crippen molar-refractivity contribution < 1.29 is 4.79 Å². The standard InChI is InChI=1S/C13H21N5O/c1-17-6-2-4-10(9-17)13(19)16-11-8-15-18-7-3-5-14-12(11)18/h8,10,14H,2-7,9H2,1H3,(H,16,19). The van der Waals surface area contributed by atoms with Crippen LogP contribution in [0.25, 0.3) is 0 Å². The van der Waals surface area contributed by atoms with Crippen molar-refractivity contribution in [3.8, 4) is 0 Å². The first-order chi connectivity index (χ1) is 9.24. The first-order valence-electron chi connectivity index (χ1n) is 7.03. The summed E-state index contributed by atoms with van der Waals surface area (Å²) in [6, 6.07) is 0. The van der Waals surface area contributed by atoms with E-state index in [-0.39, 0.29) is 11.8 Å². The summed E-state index contributed by atoms with van der Waals surface area (Å²) < 4.78 is 1.92. The van der Waals surface area contributed by atoms with E-state index in [4.69, 9.17) is 0 Å². The summed E-state index contributed by atoms with van der Waals surface area (Å²) in [4.78, 5) is 14.5. The average molecular weight is 263 g/mol. The number of aryl methyl sites for hydroxylation is 1. The number of aromatic nitrogens is 2. The number of likely N-dealkylation sites (tertiary alicyclic amines) is 1. The van der Waals surface area contributed by atoms with Gasteiger partial charge in [0.15, 0.2) is 0 Å². The zero-order valence-corrected chi connectivity index (χ0v) is 11.4. The first kappa shape index (κ1) is 12.5. The van der Waals surface area contributed by atoms with Crippen LogP contribution < -0.4 is 10.6 Å². The molecule has 6 heteroatoms. The molecule has 1 unspecified atom stereocenters. The molecule has 2 aliphatic heterocycles. The minimum absolute atomic E-state index is 0.0953. The van der Waals surface area contributed by atoms with E-state index in [1.165, 1.54) is 0 Å². The molecule has 1 fully saturated rings. The van der Waals surface area contributed by atoms with Crippen LogP contribution in [-0.4, -0.2) is 47.3 Å². The molecule has 1 saturated heterocycles. The maximum atomic E-state index is 12.3. The SMILES string of the molecule is CN1CCCC(C(=O)Nc2cnn3c2NCCC3)C1. The molecular formula is C13H21N5O. The number of rotatable bonds is 2. The Labute approximate surface area is 113 Å². The second-order valence-corrected chi connectivity index (χ2v) is 5.50. The van der Waals surface area contributed by atoms with Crippen molar-refractivity contribution in [2.24, 2.45) is 5.92 Å². The summed E-state index contributed by atoms with van der Waals surface area (Å²) in [5.41, 5.74) is 0.818. The van der Waals surface area contributed by atoms with Crippen molar-refractivity contribution in [3.05, 3.63) is 6.20 Å². The van der Waals surface area contributed by atoms with Crippen LogP contribution in [-0.2, 0) is 11.3 Å². The summed E-state index contributed by atoms with van der Waals surface area (Å²) in [7, 11) is 2.07. The number of carbonyl (C=O) groups is 1. The monoisotopic (exact) mass is 263 g/mol. The van der Waals surface area contributed by atoms with Crippen molar-refractivity contribution >= 4 is 17.4 Å². The lowest BCUT2D eigenvalue weighted by Crippen LogP contribution is -2.38. The van der Waals surface area contributed by atoms with Gasteiger partial charge in [-0.3, -0.25) is 4.79 Å². The molecule has 2 aliphatic rings. The predicted molar refractivity (Wildman–Crippen MR) is 74.2 cm³/mol. The summed E-state index contributed by atoms with van der Waals surface area (Å²) >= 11 is 0. The zero-order valence-electron chi connectivity index (χ0n) is 11.4. The molecule has 2 N–H and O–H groups in total. The van der Waals surface area contributed by atoms with Crippen molar-refractivity contribution in [3.63, 3.8) is 0 Å². The Morgan fingerprint density at radius 2 is 2.37 bits per heavy atom. The topological polar surface area (TPSA) is 62.2 Å². The number of carbonyl (C=O) groups excluding carboxylic acids is 1. The fourth-order valence-corrected chi connectivity index (χ4v) is 2.88. The number of nitrogens with one attached hydrogen (secondary N) is 2. The highest BCUT2D eigenvalue weighted by molar-refractivity contribution is 5.95. The van der Waals surface area contributed by atoms with E-state index in [0.29, 0.717) is 0 Å². The van der Waals surface area contributed by atoms with Gasteiger partial charge in [0.25, 0.3) is 0 Å². The molecule has 3 rings (SSSR count). The Morgan fingerprint density at radius 3 is 3.21 bits per heavy atom. The number of hydrogen-bond acceptors (Lipinski definition) is 4. The number of piperidine rings is 1. The largest absolute Gasteiger partial charge is 0.368 e. The number of nitrogens with zero attached hydrogens (tertiary/aromatic N) is 3. The fourth-order valence-electron chi connectivity index (χ4n) is 2.88. The Morgan fingerprint density at radius 1 is 1.47 bits per heavy atom. The van der Waals surface area contributed by atoms with Crippen LogP contribution >= 0.6 is 0 Å². The van der Waals surface area contributed by atoms with Gasteiger partial charge in [-0.05, 0) is 32.9 Å². The van der Waals surface area contributed by atoms with Gasteiger partial charge in [-0.15, -0.1) is 0 Å². The van der Waals surface area contributed by atoms with Crippen molar-refractivity contribution in [2.45, 2.75) is 25.8 Å². The molecule has 0 aromatic carbocycles. The van der Waals surface area contributed by atoms with E-state index in [2.05, 4.69) is 27.7 Å². The lowest BCUT2D eigenvalue weighted by molar-refractivity contribution is -0.121. The van der Waals surface area contributed by atoms with E-state index < -0.39 is 0 Å². The summed E-state index contributed by atoms with van der Waals surface area (Å²) in [5, 5.41) is 10.6. The molecule has 0 spiro atoms. The molecule has 6 nitrogen and oxygen atoms in total. The number of anilines is 2. The van der Waals surface area contributed by atoms with E-state index in [9.17, 15) is 4.79 Å². The second-order valence-electron chi connectivity index (χ2n) is 5.50. The van der Waals surface area contributed by atoms with Crippen molar-refractivity contribution in [1.82, 2.24) is 14.7 Å². The molecule has 1 aromatic heterocycles. The molecule has 3 heterocycles. The lowest BCUT2D eigenvalue weighted by Gasteiger charge is -2.28. The van der Waals surface area contributed by atoms with Gasteiger partial charge >= 0.3 is 0 Å². The van der Waals surface area contributed by atoms with Crippen LogP contribution in [0.4, 0.5) is 11.5 Å². The smallest absolute Gasteiger partial charge is 0.228 e.